The predicted octanol–water partition coefficient (Wildman–Crippen LogP) is 7.23. The van der Waals surface area contributed by atoms with E-state index in [1.807, 2.05) is 37.3 Å². The third kappa shape index (κ3) is 8.09. The molecule has 8 nitrogen and oxygen atoms in total. The highest BCUT2D eigenvalue weighted by molar-refractivity contribution is 7.89. The average Bonchev–Trinajstić information content (AvgIpc) is 3.03. The van der Waals surface area contributed by atoms with Gasteiger partial charge in [-0.2, -0.15) is 13.5 Å². The number of aryl methyl sites for hydroxylation is 1. The lowest BCUT2D eigenvalue weighted by molar-refractivity contribution is -0.143. The van der Waals surface area contributed by atoms with Crippen molar-refractivity contribution in [2.75, 3.05) is 13.9 Å². The zero-order chi connectivity index (χ0) is 31.6. The van der Waals surface area contributed by atoms with Gasteiger partial charge in [-0.15, -0.1) is 0 Å². The van der Waals surface area contributed by atoms with Crippen molar-refractivity contribution in [2.45, 2.75) is 120 Å². The number of nitrogens with one attached hydrogen (secondary N) is 1. The maximum Gasteiger partial charge on any atom is 0.276 e. The number of likely N-dealkylation sites (tertiary alicyclic amines) is 1. The Labute approximate surface area is 264 Å². The fourth-order valence-corrected chi connectivity index (χ4v) is 8.11. The molecule has 2 fully saturated rings. The Morgan fingerprint density at radius 1 is 1.02 bits per heavy atom. The molecular formula is C35H51N3O5S. The Hall–Kier alpha value is -2.75. The molecule has 1 saturated heterocycles. The van der Waals surface area contributed by atoms with Gasteiger partial charge in [0.05, 0.1) is 16.5 Å². The van der Waals surface area contributed by atoms with Crippen LogP contribution < -0.4 is 4.83 Å². The number of rotatable bonds is 14. The number of unbranched alkanes of at least 4 members (excludes halogenated alkanes) is 3. The number of hydrogen-bond donors (Lipinski definition) is 1. The summed E-state index contributed by atoms with van der Waals surface area (Å²) in [6.45, 7) is 6.50. The summed E-state index contributed by atoms with van der Waals surface area (Å²) in [5.74, 6) is 0.104. The molecule has 0 aromatic heterocycles. The molecule has 1 heterocycles. The summed E-state index contributed by atoms with van der Waals surface area (Å²) in [7, 11) is -2.20. The highest BCUT2D eigenvalue weighted by Crippen LogP contribution is 2.50. The summed E-state index contributed by atoms with van der Waals surface area (Å²) in [5, 5.41) is 4.63. The molecule has 1 saturated carbocycles. The molecule has 9 heteroatoms. The van der Waals surface area contributed by atoms with Crippen molar-refractivity contribution in [3.05, 3.63) is 65.7 Å². The van der Waals surface area contributed by atoms with Gasteiger partial charge in [0.25, 0.3) is 15.9 Å². The van der Waals surface area contributed by atoms with E-state index in [4.69, 9.17) is 9.47 Å². The highest BCUT2D eigenvalue weighted by Gasteiger charge is 2.55. The summed E-state index contributed by atoms with van der Waals surface area (Å²) in [6, 6.07) is 16.3. The second-order valence-corrected chi connectivity index (χ2v) is 14.2. The van der Waals surface area contributed by atoms with E-state index in [1.54, 1.807) is 31.4 Å². The SMILES string of the molecule is CCCCC[C@H]1C/C(=N/NS(=O)(=O)c2ccc(C)cc2)C[C@]2(CCC[C@@H](OCOC)[C@@H]2CCCC)N1C(=O)c1ccccc1. The lowest BCUT2D eigenvalue weighted by Gasteiger charge is -2.59. The number of hydrazone groups is 1. The number of benzene rings is 2. The lowest BCUT2D eigenvalue weighted by atomic mass is 9.62. The van der Waals surface area contributed by atoms with Crippen LogP contribution in [0.2, 0.25) is 0 Å². The molecule has 2 aliphatic rings. The third-order valence-electron chi connectivity index (χ3n) is 9.37. The van der Waals surface area contributed by atoms with Crippen molar-refractivity contribution in [2.24, 2.45) is 11.0 Å². The molecule has 0 radical (unpaired) electrons. The van der Waals surface area contributed by atoms with Gasteiger partial charge in [-0.25, -0.2) is 4.83 Å². The molecule has 0 unspecified atom stereocenters. The van der Waals surface area contributed by atoms with Crippen LogP contribution in [0.4, 0.5) is 0 Å². The third-order valence-corrected chi connectivity index (χ3v) is 10.6. The molecule has 242 valence electrons. The van der Waals surface area contributed by atoms with Gasteiger partial charge in [-0.05, 0) is 63.3 Å². The fourth-order valence-electron chi connectivity index (χ4n) is 7.26. The molecule has 1 amide bonds. The number of piperidine rings is 1. The van der Waals surface area contributed by atoms with Gasteiger partial charge in [0.15, 0.2) is 0 Å². The minimum Gasteiger partial charge on any atom is -0.359 e. The zero-order valence-corrected chi connectivity index (χ0v) is 27.8. The minimum absolute atomic E-state index is 0.0419. The Bertz CT molecular complexity index is 1330. The summed E-state index contributed by atoms with van der Waals surface area (Å²) < 4.78 is 38.2. The second kappa shape index (κ2) is 16.0. The number of sulfonamides is 1. The van der Waals surface area contributed by atoms with Gasteiger partial charge in [-0.3, -0.25) is 4.79 Å². The van der Waals surface area contributed by atoms with Gasteiger partial charge in [-0.1, -0.05) is 81.8 Å². The minimum atomic E-state index is -3.84. The Kier molecular flexibility index (Phi) is 12.4. The summed E-state index contributed by atoms with van der Waals surface area (Å²) in [4.78, 5) is 19.5. The number of nitrogens with zero attached hydrogens (tertiary/aromatic N) is 2. The number of carbonyl (C=O) groups is 1. The zero-order valence-electron chi connectivity index (χ0n) is 27.0. The molecule has 1 aliphatic heterocycles. The van der Waals surface area contributed by atoms with Crippen molar-refractivity contribution in [1.82, 2.24) is 9.73 Å². The summed E-state index contributed by atoms with van der Waals surface area (Å²) in [5.41, 5.74) is 1.92. The Morgan fingerprint density at radius 3 is 2.43 bits per heavy atom. The van der Waals surface area contributed by atoms with Gasteiger partial charge >= 0.3 is 0 Å². The van der Waals surface area contributed by atoms with Gasteiger partial charge < -0.3 is 14.4 Å². The van der Waals surface area contributed by atoms with Crippen molar-refractivity contribution in [3.8, 4) is 0 Å². The molecule has 2 aromatic rings. The predicted molar refractivity (Wildman–Crippen MR) is 175 cm³/mol. The van der Waals surface area contributed by atoms with Crippen molar-refractivity contribution < 1.29 is 22.7 Å². The summed E-state index contributed by atoms with van der Waals surface area (Å²) >= 11 is 0. The first-order chi connectivity index (χ1) is 21.3. The van der Waals surface area contributed by atoms with E-state index in [1.165, 1.54) is 0 Å². The van der Waals surface area contributed by atoms with E-state index in [9.17, 15) is 13.2 Å². The van der Waals surface area contributed by atoms with Gasteiger partial charge in [0.1, 0.15) is 6.79 Å². The monoisotopic (exact) mass is 625 g/mol. The van der Waals surface area contributed by atoms with Crippen LogP contribution in [0.1, 0.15) is 107 Å². The van der Waals surface area contributed by atoms with Crippen LogP contribution in [-0.4, -0.2) is 56.5 Å². The van der Waals surface area contributed by atoms with Crippen LogP contribution in [-0.2, 0) is 19.5 Å². The van der Waals surface area contributed by atoms with Crippen LogP contribution in [0.25, 0.3) is 0 Å². The number of amides is 1. The van der Waals surface area contributed by atoms with E-state index >= 15 is 0 Å². The quantitative estimate of drug-likeness (QED) is 0.136. The summed E-state index contributed by atoms with van der Waals surface area (Å²) in [6.07, 6.45) is 10.5. The number of methoxy groups -OCH3 is 1. The van der Waals surface area contributed by atoms with Crippen LogP contribution in [0, 0.1) is 12.8 Å². The Morgan fingerprint density at radius 2 is 1.75 bits per heavy atom. The van der Waals surface area contributed by atoms with Crippen LogP contribution in [0.5, 0.6) is 0 Å². The van der Waals surface area contributed by atoms with Crippen molar-refractivity contribution in [3.63, 3.8) is 0 Å². The molecule has 44 heavy (non-hydrogen) atoms. The molecule has 2 aromatic carbocycles. The number of hydrogen-bond acceptors (Lipinski definition) is 6. The molecule has 4 atom stereocenters. The lowest BCUT2D eigenvalue weighted by Crippen LogP contribution is -2.67. The van der Waals surface area contributed by atoms with Crippen molar-refractivity contribution in [1.29, 1.82) is 0 Å². The molecule has 4 rings (SSSR count). The van der Waals surface area contributed by atoms with Gasteiger partial charge in [0, 0.05) is 43.2 Å². The first-order valence-electron chi connectivity index (χ1n) is 16.4. The highest BCUT2D eigenvalue weighted by atomic mass is 32.2. The largest absolute Gasteiger partial charge is 0.359 e. The average molecular weight is 626 g/mol. The number of carbonyl (C=O) groups excluding carboxylic acids is 1. The van der Waals surface area contributed by atoms with Crippen LogP contribution in [0.3, 0.4) is 0 Å². The van der Waals surface area contributed by atoms with E-state index in [0.717, 1.165) is 75.5 Å². The standard InChI is InChI=1S/C35H51N3O5S/c1-5-7-10-16-30-24-29(36-37-44(40,41)31-21-19-27(3)20-22-31)25-35(38(30)34(39)28-14-11-9-12-15-28)23-13-18-33(43-26-42-4)32(35)17-8-6-2/h9,11-12,14-15,19-22,30,32-33,37H,5-8,10,13,16-18,23-26H2,1-4H3/b36-29-/t30-,32-,33+,35-/m0/s1. The second-order valence-electron chi connectivity index (χ2n) is 12.5. The molecular weight excluding hydrogens is 574 g/mol. The fraction of sp³-hybridized carbons (Fsp3) is 0.600. The number of ether oxygens (including phenoxy) is 2. The maximum absolute atomic E-state index is 14.6. The van der Waals surface area contributed by atoms with E-state index in [-0.39, 0.29) is 35.7 Å². The van der Waals surface area contributed by atoms with Crippen LogP contribution in [0.15, 0.2) is 64.6 Å². The molecule has 1 spiro atoms. The smallest absolute Gasteiger partial charge is 0.276 e. The first-order valence-corrected chi connectivity index (χ1v) is 17.9. The van der Waals surface area contributed by atoms with Crippen molar-refractivity contribution >= 4 is 21.6 Å². The van der Waals surface area contributed by atoms with Gasteiger partial charge in [0.2, 0.25) is 0 Å². The van der Waals surface area contributed by atoms with Crippen LogP contribution >= 0.6 is 0 Å². The topological polar surface area (TPSA) is 97.3 Å². The molecule has 0 bridgehead atoms. The normalized spacial score (nSPS) is 25.0. The van der Waals surface area contributed by atoms with E-state index in [2.05, 4.69) is 28.7 Å². The molecule has 1 N–H and O–H groups in total. The first kappa shape index (κ1) is 34.1. The molecule has 1 aliphatic carbocycles. The maximum atomic E-state index is 14.6. The Balaban J connectivity index is 1.80. The van der Waals surface area contributed by atoms with E-state index in [0.29, 0.717) is 18.4 Å². The van der Waals surface area contributed by atoms with E-state index < -0.39 is 15.6 Å².